The second kappa shape index (κ2) is 10.5. The summed E-state index contributed by atoms with van der Waals surface area (Å²) >= 11 is 0. The molecule has 6 rings (SSSR count). The van der Waals surface area contributed by atoms with Crippen molar-refractivity contribution in [1.82, 2.24) is 9.97 Å². The molecule has 6 unspecified atom stereocenters. The van der Waals surface area contributed by atoms with Crippen LogP contribution in [-0.2, 0) is 25.5 Å². The summed E-state index contributed by atoms with van der Waals surface area (Å²) in [6, 6.07) is 8.30. The third-order valence-corrected chi connectivity index (χ3v) is 12.3. The average molecular weight is 549 g/mol. The van der Waals surface area contributed by atoms with Gasteiger partial charge in [0, 0.05) is 26.2 Å². The van der Waals surface area contributed by atoms with Gasteiger partial charge in [0.25, 0.3) is 0 Å². The average Bonchev–Trinajstić information content (AvgIpc) is 3.48. The van der Waals surface area contributed by atoms with Gasteiger partial charge in [-0.2, -0.15) is 0 Å². The van der Waals surface area contributed by atoms with Crippen molar-refractivity contribution in [3.05, 3.63) is 30.1 Å². The van der Waals surface area contributed by atoms with Gasteiger partial charge in [0.15, 0.2) is 0 Å². The minimum Gasteiger partial charge on any atom is -0.463 e. The number of rotatable bonds is 6. The van der Waals surface area contributed by atoms with Crippen LogP contribution in [0.4, 0.5) is 0 Å². The number of nitrogens with one attached hydrogen (secondary N) is 1. The van der Waals surface area contributed by atoms with E-state index in [0.29, 0.717) is 35.5 Å². The van der Waals surface area contributed by atoms with Gasteiger partial charge in [-0.25, -0.2) is 4.98 Å². The maximum Gasteiger partial charge on any atom is 0.302 e. The van der Waals surface area contributed by atoms with Crippen LogP contribution < -0.4 is 0 Å². The van der Waals surface area contributed by atoms with E-state index in [-0.39, 0.29) is 35.0 Å². The Balaban J connectivity index is 1.20. The molecule has 0 radical (unpaired) electrons. The van der Waals surface area contributed by atoms with Gasteiger partial charge in [-0.1, -0.05) is 32.9 Å². The topological polar surface area (TPSA) is 81.3 Å². The van der Waals surface area contributed by atoms with E-state index in [4.69, 9.17) is 14.5 Å². The van der Waals surface area contributed by atoms with Gasteiger partial charge in [0.2, 0.25) is 0 Å². The van der Waals surface area contributed by atoms with Crippen molar-refractivity contribution in [2.45, 2.75) is 111 Å². The molecule has 6 heteroatoms. The van der Waals surface area contributed by atoms with Crippen LogP contribution in [0.25, 0.3) is 11.0 Å². The number of hydrogen-bond donors (Lipinski definition) is 1. The SMILES string of the molecule is CC(=O)OC1C[C@@H]2C[C@H](OC(C)=O)CC[C@]2(C)C2CC[C@]3(C)C(C(C)CCc4nc5ccccc5[nH]4)CCC3C12. The zero-order valence-electron chi connectivity index (χ0n) is 25.1. The van der Waals surface area contributed by atoms with Gasteiger partial charge in [0.1, 0.15) is 18.0 Å². The lowest BCUT2D eigenvalue weighted by Gasteiger charge is -2.62. The molecule has 0 bridgehead atoms. The first-order chi connectivity index (χ1) is 19.1. The number of esters is 2. The number of carbonyl (C=O) groups excluding carboxylic acids is 2. The Hall–Kier alpha value is -2.37. The number of ether oxygens (including phenoxy) is 2. The minimum absolute atomic E-state index is 0.00224. The summed E-state index contributed by atoms with van der Waals surface area (Å²) in [5.41, 5.74) is 2.69. The smallest absolute Gasteiger partial charge is 0.302 e. The van der Waals surface area contributed by atoms with E-state index >= 15 is 0 Å². The summed E-state index contributed by atoms with van der Waals surface area (Å²) in [6.45, 7) is 10.6. The second-order valence-corrected chi connectivity index (χ2v) is 14.3. The molecule has 1 N–H and O–H groups in total. The van der Waals surface area contributed by atoms with E-state index in [2.05, 4.69) is 44.0 Å². The fourth-order valence-electron chi connectivity index (χ4n) is 10.5. The third kappa shape index (κ3) is 4.77. The minimum atomic E-state index is -0.182. The maximum atomic E-state index is 12.4. The number of benzene rings is 1. The molecule has 0 spiro atoms. The Morgan fingerprint density at radius 1 is 0.975 bits per heavy atom. The van der Waals surface area contributed by atoms with Crippen molar-refractivity contribution in [2.24, 2.45) is 46.3 Å². The molecule has 4 aliphatic carbocycles. The lowest BCUT2D eigenvalue weighted by molar-refractivity contribution is -0.197. The van der Waals surface area contributed by atoms with Crippen LogP contribution in [0.5, 0.6) is 0 Å². The summed E-state index contributed by atoms with van der Waals surface area (Å²) in [7, 11) is 0. The van der Waals surface area contributed by atoms with Crippen LogP contribution in [0.1, 0.15) is 98.2 Å². The van der Waals surface area contributed by atoms with E-state index < -0.39 is 0 Å². The van der Waals surface area contributed by atoms with Crippen molar-refractivity contribution in [1.29, 1.82) is 0 Å². The number of hydrogen-bond acceptors (Lipinski definition) is 5. The van der Waals surface area contributed by atoms with E-state index in [1.807, 2.05) is 6.07 Å². The number of para-hydroxylation sites is 2. The predicted molar refractivity (Wildman–Crippen MR) is 155 cm³/mol. The molecule has 2 aromatic rings. The van der Waals surface area contributed by atoms with Crippen molar-refractivity contribution >= 4 is 23.0 Å². The first-order valence-electron chi connectivity index (χ1n) is 15.9. The maximum absolute atomic E-state index is 12.4. The Bertz CT molecular complexity index is 1220. The van der Waals surface area contributed by atoms with Crippen LogP contribution in [0.3, 0.4) is 0 Å². The molecule has 218 valence electrons. The van der Waals surface area contributed by atoms with Crippen molar-refractivity contribution in [3.63, 3.8) is 0 Å². The van der Waals surface area contributed by atoms with Gasteiger partial charge >= 0.3 is 11.9 Å². The zero-order chi connectivity index (χ0) is 28.2. The highest BCUT2D eigenvalue weighted by Gasteiger charge is 2.64. The molecule has 40 heavy (non-hydrogen) atoms. The predicted octanol–water partition coefficient (Wildman–Crippen LogP) is 7.26. The van der Waals surface area contributed by atoms with E-state index in [9.17, 15) is 9.59 Å². The van der Waals surface area contributed by atoms with E-state index in [0.717, 1.165) is 55.4 Å². The number of aromatic amines is 1. The van der Waals surface area contributed by atoms with Gasteiger partial charge in [-0.15, -0.1) is 0 Å². The van der Waals surface area contributed by atoms with Gasteiger partial charge in [-0.3, -0.25) is 9.59 Å². The summed E-state index contributed by atoms with van der Waals surface area (Å²) in [6.07, 6.45) is 11.0. The highest BCUT2D eigenvalue weighted by molar-refractivity contribution is 5.74. The number of imidazole rings is 1. The molecule has 1 aromatic carbocycles. The highest BCUT2D eigenvalue weighted by Crippen LogP contribution is 2.68. The van der Waals surface area contributed by atoms with Crippen LogP contribution >= 0.6 is 0 Å². The number of H-pyrrole nitrogens is 1. The largest absolute Gasteiger partial charge is 0.463 e. The first kappa shape index (κ1) is 27.8. The molecule has 1 aromatic heterocycles. The summed E-state index contributed by atoms with van der Waals surface area (Å²) in [5.74, 6) is 4.10. The zero-order valence-corrected chi connectivity index (χ0v) is 25.1. The molecule has 0 saturated heterocycles. The molecule has 4 saturated carbocycles. The van der Waals surface area contributed by atoms with Gasteiger partial charge in [-0.05, 0) is 110 Å². The fraction of sp³-hybridized carbons (Fsp3) is 0.735. The van der Waals surface area contributed by atoms with E-state index in [1.54, 1.807) is 6.92 Å². The van der Waals surface area contributed by atoms with Crippen molar-refractivity contribution < 1.29 is 19.1 Å². The molecule has 10 atom stereocenters. The van der Waals surface area contributed by atoms with Crippen LogP contribution in [0.15, 0.2) is 24.3 Å². The lowest BCUT2D eigenvalue weighted by Crippen LogP contribution is -2.59. The fourth-order valence-corrected chi connectivity index (χ4v) is 10.5. The highest BCUT2D eigenvalue weighted by atomic mass is 16.5. The number of aryl methyl sites for hydroxylation is 1. The number of nitrogens with zero attached hydrogens (tertiary/aromatic N) is 1. The van der Waals surface area contributed by atoms with Crippen LogP contribution in [0, 0.1) is 46.3 Å². The molecule has 4 aliphatic rings. The summed E-state index contributed by atoms with van der Waals surface area (Å²) in [5, 5.41) is 0. The lowest BCUT2D eigenvalue weighted by atomic mass is 9.43. The molecule has 0 aliphatic heterocycles. The van der Waals surface area contributed by atoms with E-state index in [1.165, 1.54) is 32.6 Å². The number of carbonyl (C=O) groups is 2. The van der Waals surface area contributed by atoms with Gasteiger partial charge < -0.3 is 14.5 Å². The molecule has 6 nitrogen and oxygen atoms in total. The molecule has 4 fully saturated rings. The Labute approximate surface area is 239 Å². The third-order valence-electron chi connectivity index (χ3n) is 12.3. The normalized spacial score (nSPS) is 39.6. The monoisotopic (exact) mass is 548 g/mol. The molecular formula is C34H48N2O4. The standard InChI is InChI=1S/C34H48N2O4/c1-20(10-13-31-35-28-8-6-7-9-29(28)36-31)25-11-12-26-32-27(15-17-34(25,26)5)33(4)16-14-24(39-21(2)37)18-23(33)19-30(32)40-22(3)38/h6-9,20,23-27,30,32H,10-19H2,1-5H3,(H,35,36)/t20?,23-,24+,25?,26?,27?,30?,32?,33-,34+/m0/s1. The Morgan fingerprint density at radius 3 is 2.45 bits per heavy atom. The molecular weight excluding hydrogens is 500 g/mol. The second-order valence-electron chi connectivity index (χ2n) is 14.3. The van der Waals surface area contributed by atoms with Crippen LogP contribution in [0.2, 0.25) is 0 Å². The number of fused-ring (bicyclic) bond motifs is 6. The Morgan fingerprint density at radius 2 is 1.70 bits per heavy atom. The van der Waals surface area contributed by atoms with Crippen molar-refractivity contribution in [2.75, 3.05) is 0 Å². The first-order valence-corrected chi connectivity index (χ1v) is 15.9. The quantitative estimate of drug-likeness (QED) is 0.384. The summed E-state index contributed by atoms with van der Waals surface area (Å²) in [4.78, 5) is 32.4. The summed E-state index contributed by atoms with van der Waals surface area (Å²) < 4.78 is 11.9. The Kier molecular flexibility index (Phi) is 7.28. The molecule has 0 amide bonds. The number of aromatic nitrogens is 2. The van der Waals surface area contributed by atoms with Gasteiger partial charge in [0.05, 0.1) is 11.0 Å². The van der Waals surface area contributed by atoms with Crippen LogP contribution in [-0.4, -0.2) is 34.1 Å². The van der Waals surface area contributed by atoms with Crippen molar-refractivity contribution in [3.8, 4) is 0 Å². The molecule has 1 heterocycles.